The highest BCUT2D eigenvalue weighted by atomic mass is 16.5. The number of aromatic nitrogens is 1. The highest BCUT2D eigenvalue weighted by Crippen LogP contribution is 2.23. The van der Waals surface area contributed by atoms with Crippen molar-refractivity contribution in [3.8, 4) is 5.75 Å². The maximum atomic E-state index is 10.4. The highest BCUT2D eigenvalue weighted by molar-refractivity contribution is 5.84. The summed E-state index contributed by atoms with van der Waals surface area (Å²) in [5, 5.41) is 1.02. The van der Waals surface area contributed by atoms with Gasteiger partial charge < -0.3 is 9.53 Å². The Hall–Kier alpha value is -1.90. The van der Waals surface area contributed by atoms with E-state index in [2.05, 4.69) is 4.98 Å². The first kappa shape index (κ1) is 9.65. The summed E-state index contributed by atoms with van der Waals surface area (Å²) in [6, 6.07) is 9.55. The molecule has 0 radical (unpaired) electrons. The van der Waals surface area contributed by atoms with Crippen molar-refractivity contribution in [2.24, 2.45) is 0 Å². The molecule has 0 N–H and O–H groups in total. The second kappa shape index (κ2) is 4.09. The number of pyridine rings is 1. The predicted octanol–water partition coefficient (Wildman–Crippen LogP) is 1.98. The number of nitrogens with zero attached hydrogens (tertiary/aromatic N) is 1. The molecular weight excluding hydrogens is 190 g/mol. The van der Waals surface area contributed by atoms with E-state index in [-0.39, 0.29) is 0 Å². The van der Waals surface area contributed by atoms with Gasteiger partial charge in [-0.1, -0.05) is 18.2 Å². The Morgan fingerprint density at radius 3 is 2.93 bits per heavy atom. The number of benzene rings is 1. The van der Waals surface area contributed by atoms with E-state index in [0.717, 1.165) is 28.6 Å². The van der Waals surface area contributed by atoms with Crippen LogP contribution >= 0.6 is 0 Å². The van der Waals surface area contributed by atoms with Crippen LogP contribution in [0.25, 0.3) is 10.9 Å². The number of hydrogen-bond acceptors (Lipinski definition) is 3. The summed E-state index contributed by atoms with van der Waals surface area (Å²) in [6.45, 7) is 0. The summed E-state index contributed by atoms with van der Waals surface area (Å²) in [5.41, 5.74) is 1.57. The molecule has 0 saturated heterocycles. The SMILES string of the molecule is COc1cccc2ccc(CC=O)nc12. The van der Waals surface area contributed by atoms with Crippen LogP contribution in [0, 0.1) is 0 Å². The average Bonchev–Trinajstić information content (AvgIpc) is 2.28. The quantitative estimate of drug-likeness (QED) is 0.713. The average molecular weight is 201 g/mol. The van der Waals surface area contributed by atoms with Gasteiger partial charge in [0.1, 0.15) is 17.6 Å². The van der Waals surface area contributed by atoms with Crippen LogP contribution in [0.5, 0.6) is 5.75 Å². The topological polar surface area (TPSA) is 39.2 Å². The monoisotopic (exact) mass is 201 g/mol. The number of para-hydroxylation sites is 1. The summed E-state index contributed by atoms with van der Waals surface area (Å²) < 4.78 is 5.21. The summed E-state index contributed by atoms with van der Waals surface area (Å²) in [5.74, 6) is 0.736. The van der Waals surface area contributed by atoms with Crippen molar-refractivity contribution in [2.45, 2.75) is 6.42 Å². The Morgan fingerprint density at radius 1 is 1.33 bits per heavy atom. The Bertz CT molecular complexity index is 494. The minimum atomic E-state index is 0.341. The molecule has 0 spiro atoms. The normalized spacial score (nSPS) is 10.2. The van der Waals surface area contributed by atoms with Gasteiger partial charge in [0, 0.05) is 17.5 Å². The van der Waals surface area contributed by atoms with Gasteiger partial charge in [0.15, 0.2) is 0 Å². The molecule has 0 saturated carbocycles. The number of methoxy groups -OCH3 is 1. The lowest BCUT2D eigenvalue weighted by molar-refractivity contribution is -0.107. The van der Waals surface area contributed by atoms with Crippen molar-refractivity contribution < 1.29 is 9.53 Å². The van der Waals surface area contributed by atoms with Crippen LogP contribution in [0.3, 0.4) is 0 Å². The molecule has 0 aliphatic carbocycles. The molecule has 0 aliphatic heterocycles. The van der Waals surface area contributed by atoms with Gasteiger partial charge in [-0.3, -0.25) is 0 Å². The van der Waals surface area contributed by atoms with Gasteiger partial charge in [-0.05, 0) is 12.1 Å². The molecule has 2 rings (SSSR count). The smallest absolute Gasteiger partial charge is 0.145 e. The van der Waals surface area contributed by atoms with Gasteiger partial charge in [0.2, 0.25) is 0 Å². The Morgan fingerprint density at radius 2 is 2.20 bits per heavy atom. The Balaban J connectivity index is 2.61. The molecule has 3 nitrogen and oxygen atoms in total. The van der Waals surface area contributed by atoms with Gasteiger partial charge in [0.25, 0.3) is 0 Å². The maximum absolute atomic E-state index is 10.4. The van der Waals surface area contributed by atoms with Crippen molar-refractivity contribution >= 4 is 17.2 Å². The van der Waals surface area contributed by atoms with Gasteiger partial charge >= 0.3 is 0 Å². The summed E-state index contributed by atoms with van der Waals surface area (Å²) in [7, 11) is 1.61. The van der Waals surface area contributed by atoms with Crippen LogP contribution in [0.1, 0.15) is 5.69 Å². The van der Waals surface area contributed by atoms with E-state index in [1.54, 1.807) is 7.11 Å². The van der Waals surface area contributed by atoms with Gasteiger partial charge in [-0.25, -0.2) is 4.98 Å². The van der Waals surface area contributed by atoms with Crippen molar-refractivity contribution in [1.29, 1.82) is 0 Å². The molecule has 3 heteroatoms. The molecule has 15 heavy (non-hydrogen) atoms. The molecule has 0 atom stereocenters. The van der Waals surface area contributed by atoms with Crippen molar-refractivity contribution in [3.63, 3.8) is 0 Å². The van der Waals surface area contributed by atoms with E-state index < -0.39 is 0 Å². The minimum Gasteiger partial charge on any atom is -0.494 e. The first-order valence-corrected chi connectivity index (χ1v) is 4.71. The molecule has 1 heterocycles. The fourth-order valence-electron chi connectivity index (χ4n) is 1.52. The predicted molar refractivity (Wildman–Crippen MR) is 58.1 cm³/mol. The molecule has 76 valence electrons. The minimum absolute atomic E-state index is 0.341. The van der Waals surface area contributed by atoms with Gasteiger partial charge in [-0.15, -0.1) is 0 Å². The summed E-state index contributed by atoms with van der Waals surface area (Å²) >= 11 is 0. The standard InChI is InChI=1S/C12H11NO2/c1-15-11-4-2-3-9-5-6-10(7-8-14)13-12(9)11/h2-6,8H,7H2,1H3. The zero-order valence-corrected chi connectivity index (χ0v) is 8.43. The summed E-state index contributed by atoms with van der Waals surface area (Å²) in [6.07, 6.45) is 1.19. The third-order valence-electron chi connectivity index (χ3n) is 2.25. The van der Waals surface area contributed by atoms with Crippen LogP contribution in [0.4, 0.5) is 0 Å². The highest BCUT2D eigenvalue weighted by Gasteiger charge is 2.03. The first-order valence-electron chi connectivity index (χ1n) is 4.71. The number of hydrogen-bond donors (Lipinski definition) is 0. The van der Waals surface area contributed by atoms with Crippen LogP contribution in [0.15, 0.2) is 30.3 Å². The van der Waals surface area contributed by atoms with E-state index in [1.807, 2.05) is 30.3 Å². The zero-order valence-electron chi connectivity index (χ0n) is 8.43. The molecule has 0 amide bonds. The Kier molecular flexibility index (Phi) is 2.63. The van der Waals surface area contributed by atoms with Crippen molar-refractivity contribution in [3.05, 3.63) is 36.0 Å². The molecule has 0 bridgehead atoms. The number of carbonyl (C=O) groups excluding carboxylic acids is 1. The molecule has 1 aromatic carbocycles. The Labute approximate surface area is 87.7 Å². The van der Waals surface area contributed by atoms with Crippen LogP contribution < -0.4 is 4.74 Å². The molecule has 0 unspecified atom stereocenters. The second-order valence-electron chi connectivity index (χ2n) is 3.21. The largest absolute Gasteiger partial charge is 0.494 e. The maximum Gasteiger partial charge on any atom is 0.145 e. The van der Waals surface area contributed by atoms with E-state index in [1.165, 1.54) is 0 Å². The van der Waals surface area contributed by atoms with E-state index in [0.29, 0.717) is 6.42 Å². The molecule has 2 aromatic rings. The van der Waals surface area contributed by atoms with Crippen molar-refractivity contribution in [2.75, 3.05) is 7.11 Å². The third-order valence-corrected chi connectivity index (χ3v) is 2.25. The summed E-state index contributed by atoms with van der Waals surface area (Å²) in [4.78, 5) is 14.8. The van der Waals surface area contributed by atoms with Gasteiger partial charge in [-0.2, -0.15) is 0 Å². The fraction of sp³-hybridized carbons (Fsp3) is 0.167. The van der Waals surface area contributed by atoms with E-state index >= 15 is 0 Å². The van der Waals surface area contributed by atoms with Crippen LogP contribution in [0.2, 0.25) is 0 Å². The number of ether oxygens (including phenoxy) is 1. The van der Waals surface area contributed by atoms with Gasteiger partial charge in [0.05, 0.1) is 7.11 Å². The molecule has 1 aromatic heterocycles. The number of carbonyl (C=O) groups is 1. The lowest BCUT2D eigenvalue weighted by Gasteiger charge is -2.05. The third kappa shape index (κ3) is 1.81. The van der Waals surface area contributed by atoms with Crippen LogP contribution in [-0.4, -0.2) is 18.4 Å². The van der Waals surface area contributed by atoms with E-state index in [9.17, 15) is 4.79 Å². The first-order chi connectivity index (χ1) is 7.35. The van der Waals surface area contributed by atoms with Crippen molar-refractivity contribution in [1.82, 2.24) is 4.98 Å². The second-order valence-corrected chi connectivity index (χ2v) is 3.21. The van der Waals surface area contributed by atoms with E-state index in [4.69, 9.17) is 4.74 Å². The van der Waals surface area contributed by atoms with Crippen LogP contribution in [-0.2, 0) is 11.2 Å². The molecule has 0 fully saturated rings. The zero-order chi connectivity index (χ0) is 10.7. The lowest BCUT2D eigenvalue weighted by Crippen LogP contribution is -1.93. The lowest BCUT2D eigenvalue weighted by atomic mass is 10.1. The number of aldehydes is 1. The number of fused-ring (bicyclic) bond motifs is 1. The number of rotatable bonds is 3. The molecular formula is C12H11NO2. The molecule has 0 aliphatic rings. The fourth-order valence-corrected chi connectivity index (χ4v) is 1.52.